The Kier molecular flexibility index (Phi) is 4.71. The van der Waals surface area contributed by atoms with Crippen LogP contribution in [0.1, 0.15) is 27.8 Å². The molecule has 2 aliphatic carbocycles. The van der Waals surface area contributed by atoms with Crippen molar-refractivity contribution >= 4 is 35.7 Å². The third-order valence-electron chi connectivity index (χ3n) is 5.41. The van der Waals surface area contributed by atoms with Gasteiger partial charge in [-0.05, 0) is 45.5 Å². The van der Waals surface area contributed by atoms with Crippen molar-refractivity contribution in [3.8, 4) is 0 Å². The van der Waals surface area contributed by atoms with Crippen LogP contribution in [0.5, 0.6) is 0 Å². The molecule has 0 unspecified atom stereocenters. The molecule has 2 aliphatic rings. The summed E-state index contributed by atoms with van der Waals surface area (Å²) in [5.41, 5.74) is 8.11. The highest BCUT2D eigenvalue weighted by molar-refractivity contribution is 6.27. The first-order valence-corrected chi connectivity index (χ1v) is 10.1. The summed E-state index contributed by atoms with van der Waals surface area (Å²) in [6, 6.07) is 26.7. The van der Waals surface area contributed by atoms with Gasteiger partial charge in [-0.15, -0.1) is 0 Å². The largest absolute Gasteiger partial charge is 0.289 e. The Balaban J connectivity index is 1.41. The molecular weight excluding hydrogens is 364 g/mol. The van der Waals surface area contributed by atoms with Gasteiger partial charge < -0.3 is 0 Å². The van der Waals surface area contributed by atoms with Crippen molar-refractivity contribution in [3.05, 3.63) is 136 Å². The van der Waals surface area contributed by atoms with Crippen molar-refractivity contribution in [2.24, 2.45) is 0 Å². The maximum atomic E-state index is 13.0. The Bertz CT molecular complexity index is 1270. The van der Waals surface area contributed by atoms with Crippen LogP contribution in [-0.4, -0.2) is 5.78 Å². The van der Waals surface area contributed by atoms with Crippen LogP contribution in [0.25, 0.3) is 29.9 Å². The van der Waals surface area contributed by atoms with Crippen molar-refractivity contribution in [3.63, 3.8) is 0 Å². The van der Waals surface area contributed by atoms with E-state index < -0.39 is 0 Å². The van der Waals surface area contributed by atoms with E-state index >= 15 is 0 Å². The highest BCUT2D eigenvalue weighted by Gasteiger charge is 2.27. The van der Waals surface area contributed by atoms with Gasteiger partial charge in [-0.3, -0.25) is 4.79 Å². The summed E-state index contributed by atoms with van der Waals surface area (Å²) in [7, 11) is 0. The Labute approximate surface area is 176 Å². The molecule has 0 radical (unpaired) electrons. The maximum absolute atomic E-state index is 13.0. The normalized spacial score (nSPS) is 15.1. The average molecular weight is 384 g/mol. The van der Waals surface area contributed by atoms with Crippen molar-refractivity contribution in [1.29, 1.82) is 0 Å². The third-order valence-corrected chi connectivity index (χ3v) is 5.41. The minimum Gasteiger partial charge on any atom is -0.289 e. The predicted octanol–water partition coefficient (Wildman–Crippen LogP) is 6.86. The first-order valence-electron chi connectivity index (χ1n) is 10.1. The lowest BCUT2D eigenvalue weighted by Gasteiger charge is -2.11. The Hall–Kier alpha value is -3.97. The molecule has 1 nitrogen and oxygen atoms in total. The molecule has 1 heteroatoms. The van der Waals surface area contributed by atoms with Crippen LogP contribution >= 0.6 is 0 Å². The smallest absolute Gasteiger partial charge is 0.193 e. The third kappa shape index (κ3) is 3.54. The molecule has 3 aromatic carbocycles. The molecule has 3 aromatic rings. The van der Waals surface area contributed by atoms with E-state index in [4.69, 9.17) is 0 Å². The topological polar surface area (TPSA) is 17.1 Å². The van der Waals surface area contributed by atoms with Gasteiger partial charge in [0.05, 0.1) is 0 Å². The van der Waals surface area contributed by atoms with E-state index in [0.29, 0.717) is 5.57 Å². The minimum atomic E-state index is 0.0808. The number of benzene rings is 3. The fourth-order valence-corrected chi connectivity index (χ4v) is 3.84. The molecular formula is C29H20O. The first kappa shape index (κ1) is 18.1. The van der Waals surface area contributed by atoms with E-state index in [2.05, 4.69) is 48.6 Å². The van der Waals surface area contributed by atoms with Crippen LogP contribution in [0, 0.1) is 0 Å². The van der Waals surface area contributed by atoms with Crippen LogP contribution in [0.3, 0.4) is 0 Å². The number of allylic oxidation sites excluding steroid dienone is 6. The van der Waals surface area contributed by atoms with Gasteiger partial charge in [-0.2, -0.15) is 0 Å². The van der Waals surface area contributed by atoms with E-state index in [-0.39, 0.29) is 5.78 Å². The predicted molar refractivity (Wildman–Crippen MR) is 126 cm³/mol. The van der Waals surface area contributed by atoms with E-state index in [9.17, 15) is 4.79 Å². The van der Waals surface area contributed by atoms with Gasteiger partial charge in [0.2, 0.25) is 0 Å². The molecule has 0 bridgehead atoms. The monoisotopic (exact) mass is 384 g/mol. The van der Waals surface area contributed by atoms with Crippen molar-refractivity contribution < 1.29 is 4.79 Å². The fourth-order valence-electron chi connectivity index (χ4n) is 3.84. The zero-order chi connectivity index (χ0) is 20.3. The zero-order valence-corrected chi connectivity index (χ0v) is 16.5. The molecule has 0 N–H and O–H groups in total. The Morgan fingerprint density at radius 2 is 1.20 bits per heavy atom. The average Bonchev–Trinajstić information content (AvgIpc) is 3.17. The molecule has 0 aliphatic heterocycles. The number of Topliss-reactive ketones (excluding diaryl/α,β-unsaturated/α-hetero) is 1. The summed E-state index contributed by atoms with van der Waals surface area (Å²) in [6.45, 7) is 0. The molecule has 0 saturated carbocycles. The highest BCUT2D eigenvalue weighted by Crippen LogP contribution is 2.40. The van der Waals surface area contributed by atoms with Gasteiger partial charge in [0.1, 0.15) is 0 Å². The number of fused-ring (bicyclic) bond motifs is 3. The van der Waals surface area contributed by atoms with Crippen LogP contribution in [0.4, 0.5) is 0 Å². The summed E-state index contributed by atoms with van der Waals surface area (Å²) in [4.78, 5) is 13.0. The molecule has 142 valence electrons. The number of hydrogen-bond acceptors (Lipinski definition) is 1. The fraction of sp³-hybridized carbons (Fsp3) is 0. The van der Waals surface area contributed by atoms with E-state index in [1.54, 1.807) is 0 Å². The summed E-state index contributed by atoms with van der Waals surface area (Å²) in [5, 5.41) is 0. The number of hydrogen-bond donors (Lipinski definition) is 0. The first-order chi connectivity index (χ1) is 14.8. The van der Waals surface area contributed by atoms with E-state index in [0.717, 1.165) is 33.4 Å². The van der Waals surface area contributed by atoms with Gasteiger partial charge in [-0.1, -0.05) is 109 Å². The van der Waals surface area contributed by atoms with Gasteiger partial charge >= 0.3 is 0 Å². The second-order valence-corrected chi connectivity index (χ2v) is 7.42. The number of ketones is 1. The number of rotatable bonds is 4. The number of carbonyl (C=O) groups excluding carboxylic acids is 1. The molecule has 30 heavy (non-hydrogen) atoms. The van der Waals surface area contributed by atoms with Crippen LogP contribution in [0.15, 0.2) is 108 Å². The minimum absolute atomic E-state index is 0.0808. The SMILES string of the molecule is O=C1C(C=Cc2ccccc2)=CC=C2C1=Cc1cc(C=Cc3ccccc3)ccc12. The van der Waals surface area contributed by atoms with Crippen LogP contribution in [0.2, 0.25) is 0 Å². The van der Waals surface area contributed by atoms with Gasteiger partial charge in [0.15, 0.2) is 5.78 Å². The van der Waals surface area contributed by atoms with Crippen LogP contribution in [-0.2, 0) is 4.79 Å². The molecule has 5 rings (SSSR count). The number of carbonyl (C=O) groups is 1. The van der Waals surface area contributed by atoms with Crippen LogP contribution < -0.4 is 0 Å². The van der Waals surface area contributed by atoms with Crippen molar-refractivity contribution in [2.75, 3.05) is 0 Å². The Morgan fingerprint density at radius 3 is 1.90 bits per heavy atom. The quantitative estimate of drug-likeness (QED) is 0.449. The maximum Gasteiger partial charge on any atom is 0.193 e. The molecule has 0 heterocycles. The van der Waals surface area contributed by atoms with Gasteiger partial charge in [0.25, 0.3) is 0 Å². The molecule has 0 spiro atoms. The van der Waals surface area contributed by atoms with Gasteiger partial charge in [-0.25, -0.2) is 0 Å². The van der Waals surface area contributed by atoms with Crippen molar-refractivity contribution in [2.45, 2.75) is 0 Å². The van der Waals surface area contributed by atoms with E-state index in [1.807, 2.05) is 72.8 Å². The molecule has 0 amide bonds. The molecule has 0 saturated heterocycles. The summed E-state index contributed by atoms with van der Waals surface area (Å²) >= 11 is 0. The summed E-state index contributed by atoms with van der Waals surface area (Å²) in [6.07, 6.45) is 14.1. The summed E-state index contributed by atoms with van der Waals surface area (Å²) in [5.74, 6) is 0.0808. The molecule has 0 aromatic heterocycles. The molecule has 0 atom stereocenters. The lowest BCUT2D eigenvalue weighted by atomic mass is 9.90. The second-order valence-electron chi connectivity index (χ2n) is 7.42. The lowest BCUT2D eigenvalue weighted by Crippen LogP contribution is -2.07. The summed E-state index contributed by atoms with van der Waals surface area (Å²) < 4.78 is 0. The standard InChI is InChI=1S/C29H20O/c30-29-24(15-13-22-9-5-2-6-10-22)16-18-27-26-17-14-23(19-25(26)20-28(27)29)12-11-21-7-3-1-4-8-21/h1-20H. The zero-order valence-electron chi connectivity index (χ0n) is 16.5. The van der Waals surface area contributed by atoms with Gasteiger partial charge in [0, 0.05) is 11.1 Å². The molecule has 0 fully saturated rings. The second kappa shape index (κ2) is 7.81. The Morgan fingerprint density at radius 1 is 0.567 bits per heavy atom. The van der Waals surface area contributed by atoms with E-state index in [1.165, 1.54) is 5.56 Å². The highest BCUT2D eigenvalue weighted by atomic mass is 16.1. The van der Waals surface area contributed by atoms with Crippen molar-refractivity contribution in [1.82, 2.24) is 0 Å². The lowest BCUT2D eigenvalue weighted by molar-refractivity contribution is -0.111.